The molecule has 0 unspecified atom stereocenters. The maximum absolute atomic E-state index is 13.3. The minimum atomic E-state index is -2.68. The smallest absolute Gasteiger partial charge is 0.322 e. The molecule has 7 heteroatoms. The Labute approximate surface area is 162 Å². The van der Waals surface area contributed by atoms with Crippen molar-refractivity contribution in [1.82, 2.24) is 10.2 Å². The molecular weight excluding hydrogens is 364 g/mol. The third-order valence-electron chi connectivity index (χ3n) is 5.17. The molecule has 0 atom stereocenters. The van der Waals surface area contributed by atoms with Crippen molar-refractivity contribution in [2.75, 3.05) is 20.2 Å². The fourth-order valence-electron chi connectivity index (χ4n) is 3.61. The minimum absolute atomic E-state index is 0.0393. The summed E-state index contributed by atoms with van der Waals surface area (Å²) in [5, 5.41) is 2.79. The van der Waals surface area contributed by atoms with Crippen LogP contribution in [0.3, 0.4) is 0 Å². The van der Waals surface area contributed by atoms with Gasteiger partial charge < -0.3 is 9.64 Å². The van der Waals surface area contributed by atoms with Gasteiger partial charge in [0, 0.05) is 43.5 Å². The van der Waals surface area contributed by atoms with Crippen molar-refractivity contribution in [1.29, 1.82) is 0 Å². The van der Waals surface area contributed by atoms with Crippen LogP contribution >= 0.6 is 0 Å². The number of piperidine rings is 1. The highest BCUT2D eigenvalue weighted by Gasteiger charge is 2.36. The summed E-state index contributed by atoms with van der Waals surface area (Å²) in [7, 11) is 1.60. The molecule has 0 aromatic heterocycles. The number of hydrogen-bond donors (Lipinski definition) is 1. The van der Waals surface area contributed by atoms with Crippen molar-refractivity contribution < 1.29 is 18.3 Å². The SMILES string of the molecule is COc1ccc(-c2ccccc2)c2c1CC(NC(=O)N1CCC(F)(F)CC1)=N2. The molecule has 0 bridgehead atoms. The van der Waals surface area contributed by atoms with Gasteiger partial charge in [-0.3, -0.25) is 5.32 Å². The number of rotatable bonds is 2. The Bertz CT molecular complexity index is 919. The number of amidine groups is 1. The topological polar surface area (TPSA) is 53.9 Å². The van der Waals surface area contributed by atoms with E-state index >= 15 is 0 Å². The zero-order valence-corrected chi connectivity index (χ0v) is 15.5. The second-order valence-electron chi connectivity index (χ2n) is 7.02. The van der Waals surface area contributed by atoms with Crippen LogP contribution in [0.15, 0.2) is 47.5 Å². The molecule has 1 N–H and O–H groups in total. The highest BCUT2D eigenvalue weighted by Crippen LogP contribution is 2.42. The summed E-state index contributed by atoms with van der Waals surface area (Å²) in [5.41, 5.74) is 3.66. The number of halogens is 2. The highest BCUT2D eigenvalue weighted by atomic mass is 19.3. The van der Waals surface area contributed by atoms with Gasteiger partial charge in [-0.15, -0.1) is 0 Å². The fraction of sp³-hybridized carbons (Fsp3) is 0.333. The molecular formula is C21H21F2N3O2. The van der Waals surface area contributed by atoms with Gasteiger partial charge in [-0.1, -0.05) is 30.3 Å². The monoisotopic (exact) mass is 385 g/mol. The van der Waals surface area contributed by atoms with Crippen molar-refractivity contribution in [3.63, 3.8) is 0 Å². The largest absolute Gasteiger partial charge is 0.496 e. The van der Waals surface area contributed by atoms with Crippen LogP contribution in [-0.4, -0.2) is 42.9 Å². The number of carbonyl (C=O) groups excluding carboxylic acids is 1. The minimum Gasteiger partial charge on any atom is -0.496 e. The van der Waals surface area contributed by atoms with Crippen LogP contribution in [0.2, 0.25) is 0 Å². The van der Waals surface area contributed by atoms with Crippen molar-refractivity contribution >= 4 is 17.6 Å². The van der Waals surface area contributed by atoms with Gasteiger partial charge >= 0.3 is 6.03 Å². The molecule has 0 spiro atoms. The van der Waals surface area contributed by atoms with E-state index in [0.29, 0.717) is 18.0 Å². The van der Waals surface area contributed by atoms with Gasteiger partial charge in [0.1, 0.15) is 11.6 Å². The zero-order valence-electron chi connectivity index (χ0n) is 15.5. The number of likely N-dealkylation sites (tertiary alicyclic amines) is 1. The lowest BCUT2D eigenvalue weighted by molar-refractivity contribution is -0.0466. The standard InChI is InChI=1S/C21H21F2N3O2/c1-28-17-8-7-15(14-5-3-2-4-6-14)19-16(17)13-18(24-19)25-20(27)26-11-9-21(22,23)10-12-26/h2-8H,9-13H2,1H3,(H,24,25,27). The first-order chi connectivity index (χ1) is 13.5. The van der Waals surface area contributed by atoms with Gasteiger partial charge in [0.05, 0.1) is 12.8 Å². The summed E-state index contributed by atoms with van der Waals surface area (Å²) in [4.78, 5) is 18.5. The molecule has 2 amide bonds. The Morgan fingerprint density at radius 3 is 2.54 bits per heavy atom. The van der Waals surface area contributed by atoms with Gasteiger partial charge in [-0.05, 0) is 17.7 Å². The van der Waals surface area contributed by atoms with E-state index < -0.39 is 5.92 Å². The first-order valence-corrected chi connectivity index (χ1v) is 9.23. The van der Waals surface area contributed by atoms with Crippen molar-refractivity contribution in [2.45, 2.75) is 25.2 Å². The molecule has 1 saturated heterocycles. The highest BCUT2D eigenvalue weighted by molar-refractivity contribution is 6.04. The van der Waals surface area contributed by atoms with Crippen LogP contribution < -0.4 is 10.1 Å². The van der Waals surface area contributed by atoms with Crippen LogP contribution in [0.25, 0.3) is 11.1 Å². The van der Waals surface area contributed by atoms with Crippen LogP contribution in [0, 0.1) is 0 Å². The molecule has 5 nitrogen and oxygen atoms in total. The summed E-state index contributed by atoms with van der Waals surface area (Å²) >= 11 is 0. The summed E-state index contributed by atoms with van der Waals surface area (Å²) < 4.78 is 32.1. The van der Waals surface area contributed by atoms with E-state index in [1.165, 1.54) is 4.90 Å². The van der Waals surface area contributed by atoms with E-state index in [1.807, 2.05) is 42.5 Å². The number of ether oxygens (including phenoxy) is 1. The fourth-order valence-corrected chi connectivity index (χ4v) is 3.61. The molecule has 2 aliphatic heterocycles. The number of methoxy groups -OCH3 is 1. The third-order valence-corrected chi connectivity index (χ3v) is 5.17. The number of carbonyl (C=O) groups is 1. The average Bonchev–Trinajstić information content (AvgIpc) is 3.11. The molecule has 1 fully saturated rings. The Balaban J connectivity index is 1.56. The van der Waals surface area contributed by atoms with Crippen molar-refractivity contribution in [3.05, 3.63) is 48.0 Å². The quantitative estimate of drug-likeness (QED) is 0.834. The molecule has 2 aliphatic rings. The van der Waals surface area contributed by atoms with Crippen LogP contribution in [0.4, 0.5) is 19.3 Å². The number of aliphatic imine (C=N–C) groups is 1. The van der Waals surface area contributed by atoms with Crippen LogP contribution in [0.1, 0.15) is 18.4 Å². The van der Waals surface area contributed by atoms with E-state index in [-0.39, 0.29) is 32.0 Å². The lowest BCUT2D eigenvalue weighted by Gasteiger charge is -2.31. The Morgan fingerprint density at radius 1 is 1.14 bits per heavy atom. The molecule has 28 heavy (non-hydrogen) atoms. The number of nitrogens with one attached hydrogen (secondary N) is 1. The Morgan fingerprint density at radius 2 is 1.86 bits per heavy atom. The van der Waals surface area contributed by atoms with Gasteiger partial charge in [-0.25, -0.2) is 18.6 Å². The normalized spacial score (nSPS) is 17.7. The number of alkyl halides is 2. The average molecular weight is 385 g/mol. The van der Waals surface area contributed by atoms with Gasteiger partial charge in [0.15, 0.2) is 0 Å². The third kappa shape index (κ3) is 3.56. The van der Waals surface area contributed by atoms with E-state index in [4.69, 9.17) is 4.74 Å². The molecule has 0 radical (unpaired) electrons. The molecule has 4 rings (SSSR count). The molecule has 2 aromatic carbocycles. The first kappa shape index (κ1) is 18.4. The predicted octanol–water partition coefficient (Wildman–Crippen LogP) is 4.39. The molecule has 0 saturated carbocycles. The number of urea groups is 1. The summed E-state index contributed by atoms with van der Waals surface area (Å²) in [6, 6.07) is 13.3. The predicted molar refractivity (Wildman–Crippen MR) is 104 cm³/mol. The lowest BCUT2D eigenvalue weighted by Crippen LogP contribution is -2.48. The van der Waals surface area contributed by atoms with E-state index in [9.17, 15) is 13.6 Å². The van der Waals surface area contributed by atoms with Crippen LogP contribution in [0.5, 0.6) is 5.75 Å². The van der Waals surface area contributed by atoms with Crippen molar-refractivity contribution in [3.8, 4) is 16.9 Å². The van der Waals surface area contributed by atoms with Gasteiger partial charge in [0.25, 0.3) is 5.92 Å². The maximum Gasteiger partial charge on any atom is 0.322 e. The second kappa shape index (κ2) is 7.22. The summed E-state index contributed by atoms with van der Waals surface area (Å²) in [6.45, 7) is 0.0787. The first-order valence-electron chi connectivity index (χ1n) is 9.23. The molecule has 146 valence electrons. The lowest BCUT2D eigenvalue weighted by atomic mass is 9.99. The molecule has 0 aliphatic carbocycles. The summed E-state index contributed by atoms with van der Waals surface area (Å²) in [5.74, 6) is -1.48. The number of amides is 2. The maximum atomic E-state index is 13.3. The Kier molecular flexibility index (Phi) is 4.75. The second-order valence-corrected chi connectivity index (χ2v) is 7.02. The number of nitrogens with zero attached hydrogens (tertiary/aromatic N) is 2. The van der Waals surface area contributed by atoms with Gasteiger partial charge in [0.2, 0.25) is 0 Å². The van der Waals surface area contributed by atoms with Crippen molar-refractivity contribution in [2.24, 2.45) is 4.99 Å². The number of fused-ring (bicyclic) bond motifs is 1. The van der Waals surface area contributed by atoms with E-state index in [1.54, 1.807) is 7.11 Å². The van der Waals surface area contributed by atoms with Gasteiger partial charge in [-0.2, -0.15) is 0 Å². The van der Waals surface area contributed by atoms with E-state index in [0.717, 1.165) is 22.4 Å². The number of hydrogen-bond acceptors (Lipinski definition) is 3. The number of benzene rings is 2. The summed E-state index contributed by atoms with van der Waals surface area (Å²) in [6.07, 6.45) is -0.187. The van der Waals surface area contributed by atoms with Crippen LogP contribution in [-0.2, 0) is 6.42 Å². The Hall–Kier alpha value is -2.96. The molecule has 2 heterocycles. The molecule has 2 aromatic rings. The van der Waals surface area contributed by atoms with E-state index in [2.05, 4.69) is 10.3 Å². The zero-order chi connectivity index (χ0) is 19.7.